The molecule has 2 atom stereocenters. The Bertz CT molecular complexity index is 666. The molecule has 4 N–H and O–H groups in total. The predicted molar refractivity (Wildman–Crippen MR) is 96.0 cm³/mol. The molecule has 0 heterocycles. The average Bonchev–Trinajstić information content (AvgIpc) is 2.40. The monoisotopic (exact) mass is 376 g/mol. The largest absolute Gasteiger partial charge is 0.324 e. The maximum absolute atomic E-state index is 6.44. The Morgan fingerprint density at radius 3 is 2.09 bits per heavy atom. The number of hydrogen-bond donors (Lipinski definition) is 2. The van der Waals surface area contributed by atoms with Gasteiger partial charge in [0.05, 0.1) is 10.0 Å². The van der Waals surface area contributed by atoms with Crippen LogP contribution in [0.5, 0.6) is 0 Å². The molecular weight excluding hydrogens is 362 g/mol. The smallest absolute Gasteiger partial charge is 0.0595 e. The van der Waals surface area contributed by atoms with Gasteiger partial charge in [-0.1, -0.05) is 58.5 Å². The first-order valence-corrected chi connectivity index (χ1v) is 8.17. The maximum atomic E-state index is 6.44. The highest BCUT2D eigenvalue weighted by Gasteiger charge is 2.29. The van der Waals surface area contributed by atoms with E-state index in [-0.39, 0.29) is 6.04 Å². The molecule has 0 aromatic heterocycles. The second-order valence-corrected chi connectivity index (χ2v) is 7.13. The lowest BCUT2D eigenvalue weighted by Gasteiger charge is -2.30. The van der Waals surface area contributed by atoms with Crippen LogP contribution in [0.15, 0.2) is 36.4 Å². The van der Waals surface area contributed by atoms with Gasteiger partial charge in [0.2, 0.25) is 0 Å². The zero-order valence-corrected chi connectivity index (χ0v) is 14.9. The van der Waals surface area contributed by atoms with E-state index in [0.29, 0.717) is 32.1 Å². The molecule has 2 aromatic rings. The first kappa shape index (κ1) is 17.9. The Hall–Kier alpha value is -0.480. The van der Waals surface area contributed by atoms with Crippen molar-refractivity contribution in [3.05, 3.63) is 67.6 Å². The zero-order valence-electron chi connectivity index (χ0n) is 11.9. The van der Waals surface area contributed by atoms with Crippen LogP contribution in [-0.4, -0.2) is 0 Å². The van der Waals surface area contributed by atoms with Crippen molar-refractivity contribution >= 4 is 46.4 Å². The number of nitrogens with two attached hydrogens (primary N) is 2. The summed E-state index contributed by atoms with van der Waals surface area (Å²) < 4.78 is 0. The van der Waals surface area contributed by atoms with Gasteiger partial charge in [-0.05, 0) is 43.2 Å². The van der Waals surface area contributed by atoms with Gasteiger partial charge in [0.25, 0.3) is 0 Å². The molecule has 2 nitrogen and oxygen atoms in total. The molecule has 0 saturated heterocycles. The van der Waals surface area contributed by atoms with Crippen LogP contribution in [0.1, 0.15) is 30.5 Å². The molecule has 2 rings (SSSR count). The zero-order chi connectivity index (χ0) is 16.5. The molecule has 0 fully saturated rings. The summed E-state index contributed by atoms with van der Waals surface area (Å²) in [5.41, 5.74) is 13.5. The molecule has 0 aliphatic rings. The van der Waals surface area contributed by atoms with Crippen molar-refractivity contribution in [1.82, 2.24) is 0 Å². The molecule has 0 bridgehead atoms. The Balaban J connectivity index is 2.29. The molecule has 118 valence electrons. The standard InChI is InChI=1S/C16H16Cl4N2/c1-16(22,15-11(18)3-2-4-12(15)19)8-14(21)9-5-6-10(17)13(20)7-9/h2-7,14H,8,21-22H2,1H3. The number of benzene rings is 2. The fraction of sp³-hybridized carbons (Fsp3) is 0.250. The highest BCUT2D eigenvalue weighted by molar-refractivity contribution is 6.42. The lowest BCUT2D eigenvalue weighted by atomic mass is 9.84. The third-order valence-corrected chi connectivity index (χ3v) is 4.92. The minimum absolute atomic E-state index is 0.322. The summed E-state index contributed by atoms with van der Waals surface area (Å²) in [6, 6.07) is 10.3. The van der Waals surface area contributed by atoms with Crippen LogP contribution >= 0.6 is 46.4 Å². The van der Waals surface area contributed by atoms with Crippen LogP contribution < -0.4 is 11.5 Å². The van der Waals surface area contributed by atoms with Gasteiger partial charge in [0, 0.05) is 27.2 Å². The minimum Gasteiger partial charge on any atom is -0.324 e. The summed E-state index contributed by atoms with van der Waals surface area (Å²) in [6.07, 6.45) is 0.453. The Kier molecular flexibility index (Phi) is 5.65. The molecule has 0 aliphatic carbocycles. The Morgan fingerprint density at radius 1 is 0.955 bits per heavy atom. The summed E-state index contributed by atoms with van der Waals surface area (Å²) in [7, 11) is 0. The average molecular weight is 378 g/mol. The topological polar surface area (TPSA) is 52.0 Å². The van der Waals surface area contributed by atoms with Crippen molar-refractivity contribution in [2.24, 2.45) is 11.5 Å². The molecule has 0 amide bonds. The van der Waals surface area contributed by atoms with E-state index >= 15 is 0 Å². The Morgan fingerprint density at radius 2 is 1.55 bits per heavy atom. The second-order valence-electron chi connectivity index (χ2n) is 5.50. The third-order valence-electron chi connectivity index (χ3n) is 3.55. The van der Waals surface area contributed by atoms with Crippen LogP contribution in [0, 0.1) is 0 Å². The highest BCUT2D eigenvalue weighted by atomic mass is 35.5. The number of hydrogen-bond acceptors (Lipinski definition) is 2. The molecular formula is C16H16Cl4N2. The normalized spacial score (nSPS) is 15.4. The van der Waals surface area contributed by atoms with Gasteiger partial charge >= 0.3 is 0 Å². The van der Waals surface area contributed by atoms with Crippen LogP contribution in [0.3, 0.4) is 0 Å². The molecule has 0 aliphatic heterocycles. The van der Waals surface area contributed by atoms with Gasteiger partial charge in [-0.25, -0.2) is 0 Å². The quantitative estimate of drug-likeness (QED) is 0.732. The van der Waals surface area contributed by atoms with E-state index < -0.39 is 5.54 Å². The van der Waals surface area contributed by atoms with E-state index in [9.17, 15) is 0 Å². The highest BCUT2D eigenvalue weighted by Crippen LogP contribution is 2.38. The fourth-order valence-electron chi connectivity index (χ4n) is 2.46. The minimum atomic E-state index is -0.777. The van der Waals surface area contributed by atoms with Gasteiger partial charge < -0.3 is 11.5 Å². The van der Waals surface area contributed by atoms with E-state index in [1.165, 1.54) is 0 Å². The van der Waals surface area contributed by atoms with E-state index in [1.807, 2.05) is 13.0 Å². The van der Waals surface area contributed by atoms with Crippen molar-refractivity contribution in [2.45, 2.75) is 24.9 Å². The van der Waals surface area contributed by atoms with Crippen LogP contribution in [0.4, 0.5) is 0 Å². The maximum Gasteiger partial charge on any atom is 0.0595 e. The van der Waals surface area contributed by atoms with Crippen LogP contribution in [-0.2, 0) is 5.54 Å². The Labute approximate surface area is 150 Å². The number of rotatable bonds is 4. The van der Waals surface area contributed by atoms with Crippen molar-refractivity contribution in [1.29, 1.82) is 0 Å². The first-order valence-electron chi connectivity index (χ1n) is 6.66. The van der Waals surface area contributed by atoms with Gasteiger partial charge in [-0.3, -0.25) is 0 Å². The summed E-state index contributed by atoms with van der Waals surface area (Å²) in [6.45, 7) is 1.86. The van der Waals surface area contributed by atoms with E-state index in [2.05, 4.69) is 0 Å². The molecule has 0 radical (unpaired) electrons. The van der Waals surface area contributed by atoms with E-state index in [4.69, 9.17) is 57.9 Å². The molecule has 2 aromatic carbocycles. The molecule has 0 saturated carbocycles. The van der Waals surface area contributed by atoms with Gasteiger partial charge in [-0.2, -0.15) is 0 Å². The van der Waals surface area contributed by atoms with E-state index in [0.717, 1.165) is 5.56 Å². The SMILES string of the molecule is CC(N)(CC(N)c1ccc(Cl)c(Cl)c1)c1c(Cl)cccc1Cl. The summed E-state index contributed by atoms with van der Waals surface area (Å²) in [4.78, 5) is 0. The van der Waals surface area contributed by atoms with Crippen molar-refractivity contribution in [3.63, 3.8) is 0 Å². The summed E-state index contributed by atoms with van der Waals surface area (Å²) in [5, 5.41) is 2.00. The first-order chi connectivity index (χ1) is 10.2. The van der Waals surface area contributed by atoms with Gasteiger partial charge in [-0.15, -0.1) is 0 Å². The number of halogens is 4. The molecule has 22 heavy (non-hydrogen) atoms. The predicted octanol–water partition coefficient (Wildman–Crippen LogP) is 5.56. The second kappa shape index (κ2) is 6.96. The van der Waals surface area contributed by atoms with Crippen LogP contribution in [0.2, 0.25) is 20.1 Å². The molecule has 2 unspecified atom stereocenters. The molecule has 6 heteroatoms. The lowest BCUT2D eigenvalue weighted by Crippen LogP contribution is -2.37. The summed E-state index contributed by atoms with van der Waals surface area (Å²) >= 11 is 24.5. The summed E-state index contributed by atoms with van der Waals surface area (Å²) in [5.74, 6) is 0. The lowest BCUT2D eigenvalue weighted by molar-refractivity contribution is 0.408. The van der Waals surface area contributed by atoms with E-state index in [1.54, 1.807) is 30.3 Å². The third kappa shape index (κ3) is 3.88. The molecule has 0 spiro atoms. The van der Waals surface area contributed by atoms with Gasteiger partial charge in [0.1, 0.15) is 0 Å². The van der Waals surface area contributed by atoms with Crippen LogP contribution in [0.25, 0.3) is 0 Å². The van der Waals surface area contributed by atoms with Crippen molar-refractivity contribution < 1.29 is 0 Å². The van der Waals surface area contributed by atoms with Crippen molar-refractivity contribution in [2.75, 3.05) is 0 Å². The van der Waals surface area contributed by atoms with Crippen molar-refractivity contribution in [3.8, 4) is 0 Å². The van der Waals surface area contributed by atoms with Gasteiger partial charge in [0.15, 0.2) is 0 Å². The fourth-order valence-corrected chi connectivity index (χ4v) is 3.60.